The zero-order valence-electron chi connectivity index (χ0n) is 18.7. The third kappa shape index (κ3) is 3.69. The van der Waals surface area contributed by atoms with E-state index in [-0.39, 0.29) is 12.2 Å². The van der Waals surface area contributed by atoms with Crippen LogP contribution in [0.1, 0.15) is 12.0 Å². The highest BCUT2D eigenvalue weighted by atomic mass is 19.4. The Morgan fingerprint density at radius 2 is 1.74 bits per heavy atom. The Balaban J connectivity index is 1.37. The van der Waals surface area contributed by atoms with E-state index in [0.29, 0.717) is 23.6 Å². The van der Waals surface area contributed by atoms with Crippen LogP contribution in [0.3, 0.4) is 0 Å². The SMILES string of the molecule is COc1cc(NC(=O)N2CC3C[C@@H]2[C@@H]2C(=O)N(c4cccc(C(F)(F)F)c4)C(=O)N32)cc(OC)c1. The molecular weight excluding hydrogens is 469 g/mol. The minimum Gasteiger partial charge on any atom is -0.497 e. The topological polar surface area (TPSA) is 91.4 Å². The van der Waals surface area contributed by atoms with Crippen molar-refractivity contribution in [2.45, 2.75) is 30.7 Å². The molecule has 0 radical (unpaired) electrons. The first-order chi connectivity index (χ1) is 16.6. The van der Waals surface area contributed by atoms with E-state index >= 15 is 0 Å². The summed E-state index contributed by atoms with van der Waals surface area (Å²) in [6, 6.07) is 5.85. The summed E-state index contributed by atoms with van der Waals surface area (Å²) in [4.78, 5) is 43.0. The molecule has 5 rings (SSSR count). The molecule has 0 aromatic heterocycles. The van der Waals surface area contributed by atoms with Crippen molar-refractivity contribution in [3.05, 3.63) is 48.0 Å². The first-order valence-electron chi connectivity index (χ1n) is 10.8. The molecule has 3 saturated heterocycles. The standard InChI is InChI=1S/C23H21F3N4O5/c1-34-16-7-13(8-17(10-16)35-2)27-21(32)28-11-15-9-18(28)19-20(31)30(22(33)29(15)19)14-5-3-4-12(6-14)23(24,25)26/h3-8,10,15,18-19H,9,11H2,1-2H3,(H,27,32)/t15?,18-,19-/m1/s1. The number of likely N-dealkylation sites (tertiary alicyclic amines) is 1. The summed E-state index contributed by atoms with van der Waals surface area (Å²) in [6.45, 7) is 0.198. The number of alkyl halides is 3. The second kappa shape index (κ2) is 8.07. The number of nitrogens with one attached hydrogen (secondary N) is 1. The number of hydrogen-bond acceptors (Lipinski definition) is 5. The third-order valence-electron chi connectivity index (χ3n) is 6.56. The molecule has 0 spiro atoms. The van der Waals surface area contributed by atoms with E-state index in [1.807, 2.05) is 0 Å². The second-order valence-electron chi connectivity index (χ2n) is 8.50. The lowest BCUT2D eigenvalue weighted by molar-refractivity contribution is -0.137. The molecule has 35 heavy (non-hydrogen) atoms. The number of imide groups is 1. The van der Waals surface area contributed by atoms with Gasteiger partial charge in [0.15, 0.2) is 0 Å². The zero-order valence-corrected chi connectivity index (χ0v) is 18.7. The highest BCUT2D eigenvalue weighted by Crippen LogP contribution is 2.43. The summed E-state index contributed by atoms with van der Waals surface area (Å²) in [7, 11) is 2.96. The number of rotatable bonds is 4. The van der Waals surface area contributed by atoms with Crippen LogP contribution in [-0.2, 0) is 11.0 Å². The van der Waals surface area contributed by atoms with Crippen molar-refractivity contribution in [2.75, 3.05) is 31.0 Å². The molecule has 0 saturated carbocycles. The second-order valence-corrected chi connectivity index (χ2v) is 8.50. The fourth-order valence-electron chi connectivity index (χ4n) is 5.02. The van der Waals surface area contributed by atoms with Crippen LogP contribution in [0, 0.1) is 0 Å². The Kier molecular flexibility index (Phi) is 5.26. The van der Waals surface area contributed by atoms with Crippen molar-refractivity contribution in [3.63, 3.8) is 0 Å². The number of ether oxygens (including phenoxy) is 2. The average Bonchev–Trinajstić information content (AvgIpc) is 3.49. The van der Waals surface area contributed by atoms with Gasteiger partial charge >= 0.3 is 18.2 Å². The lowest BCUT2D eigenvalue weighted by Gasteiger charge is -2.34. The lowest BCUT2D eigenvalue weighted by atomic mass is 10.1. The Morgan fingerprint density at radius 1 is 1.06 bits per heavy atom. The van der Waals surface area contributed by atoms with E-state index in [2.05, 4.69) is 5.32 Å². The van der Waals surface area contributed by atoms with Crippen molar-refractivity contribution in [3.8, 4) is 11.5 Å². The summed E-state index contributed by atoms with van der Waals surface area (Å²) >= 11 is 0. The maximum absolute atomic E-state index is 13.2. The van der Waals surface area contributed by atoms with Crippen molar-refractivity contribution in [1.82, 2.24) is 9.80 Å². The molecule has 5 amide bonds. The van der Waals surface area contributed by atoms with E-state index in [4.69, 9.17) is 9.47 Å². The van der Waals surface area contributed by atoms with Crippen LogP contribution in [0.25, 0.3) is 0 Å². The first kappa shape index (κ1) is 22.8. The van der Waals surface area contributed by atoms with Gasteiger partial charge < -0.3 is 24.6 Å². The van der Waals surface area contributed by atoms with Crippen molar-refractivity contribution in [2.24, 2.45) is 0 Å². The number of carbonyl (C=O) groups excluding carboxylic acids is 3. The molecule has 3 aliphatic rings. The lowest BCUT2D eigenvalue weighted by Crippen LogP contribution is -2.55. The largest absolute Gasteiger partial charge is 0.497 e. The number of hydrogen-bond donors (Lipinski definition) is 1. The molecule has 184 valence electrons. The zero-order chi connectivity index (χ0) is 25.1. The molecule has 9 nitrogen and oxygen atoms in total. The molecule has 2 bridgehead atoms. The van der Waals surface area contributed by atoms with Gasteiger partial charge in [-0.15, -0.1) is 0 Å². The minimum absolute atomic E-state index is 0.150. The predicted octanol–water partition coefficient (Wildman–Crippen LogP) is 3.55. The number of anilines is 2. The Bertz CT molecular complexity index is 1200. The molecule has 3 heterocycles. The number of urea groups is 2. The molecule has 1 N–H and O–H groups in total. The minimum atomic E-state index is -4.62. The Labute approximate surface area is 198 Å². The molecule has 12 heteroatoms. The molecule has 2 aromatic rings. The number of benzene rings is 2. The summed E-state index contributed by atoms with van der Waals surface area (Å²) in [5.74, 6) is 0.298. The van der Waals surface area contributed by atoms with Gasteiger partial charge in [-0.25, -0.2) is 14.5 Å². The molecule has 0 aliphatic carbocycles. The normalized spacial score (nSPS) is 23.1. The summed E-state index contributed by atoms with van der Waals surface area (Å²) in [5.41, 5.74) is -0.686. The Morgan fingerprint density at radius 3 is 2.37 bits per heavy atom. The molecular formula is C23H21F3N4O5. The fourth-order valence-corrected chi connectivity index (χ4v) is 5.02. The first-order valence-corrected chi connectivity index (χ1v) is 10.8. The number of fused-ring (bicyclic) bond motifs is 5. The summed E-state index contributed by atoms with van der Waals surface area (Å²) < 4.78 is 49.9. The van der Waals surface area contributed by atoms with E-state index < -0.39 is 47.8 Å². The summed E-state index contributed by atoms with van der Waals surface area (Å²) in [6.07, 6.45) is -4.21. The van der Waals surface area contributed by atoms with Gasteiger partial charge in [-0.2, -0.15) is 13.2 Å². The Hall–Kier alpha value is -3.96. The quantitative estimate of drug-likeness (QED) is 0.662. The maximum Gasteiger partial charge on any atom is 0.416 e. The predicted molar refractivity (Wildman–Crippen MR) is 117 cm³/mol. The van der Waals surface area contributed by atoms with Gasteiger partial charge in [-0.05, 0) is 24.6 Å². The number of halogens is 3. The van der Waals surface area contributed by atoms with Crippen LogP contribution in [0.4, 0.5) is 34.1 Å². The number of methoxy groups -OCH3 is 2. The average molecular weight is 490 g/mol. The van der Waals surface area contributed by atoms with Crippen LogP contribution in [0.5, 0.6) is 11.5 Å². The van der Waals surface area contributed by atoms with Gasteiger partial charge in [-0.1, -0.05) is 6.07 Å². The van der Waals surface area contributed by atoms with E-state index in [1.54, 1.807) is 18.2 Å². The molecule has 2 aromatic carbocycles. The maximum atomic E-state index is 13.2. The number of amides is 5. The molecule has 3 atom stereocenters. The van der Waals surface area contributed by atoms with Gasteiger partial charge in [0.1, 0.15) is 17.5 Å². The molecule has 3 aliphatic heterocycles. The van der Waals surface area contributed by atoms with Crippen LogP contribution in [0.15, 0.2) is 42.5 Å². The monoisotopic (exact) mass is 490 g/mol. The highest BCUT2D eigenvalue weighted by molar-refractivity contribution is 6.22. The van der Waals surface area contributed by atoms with Crippen LogP contribution in [0.2, 0.25) is 0 Å². The van der Waals surface area contributed by atoms with Crippen LogP contribution < -0.4 is 19.7 Å². The van der Waals surface area contributed by atoms with Crippen molar-refractivity contribution in [1.29, 1.82) is 0 Å². The highest BCUT2D eigenvalue weighted by Gasteiger charge is 2.63. The van der Waals surface area contributed by atoms with E-state index in [9.17, 15) is 27.6 Å². The number of piperazine rings is 1. The molecule has 3 fully saturated rings. The van der Waals surface area contributed by atoms with Crippen molar-refractivity contribution >= 4 is 29.3 Å². The number of nitrogens with zero attached hydrogens (tertiary/aromatic N) is 3. The van der Waals surface area contributed by atoms with Crippen LogP contribution in [-0.4, -0.2) is 66.7 Å². The van der Waals surface area contributed by atoms with Gasteiger partial charge in [-0.3, -0.25) is 4.79 Å². The third-order valence-corrected chi connectivity index (χ3v) is 6.56. The van der Waals surface area contributed by atoms with Gasteiger partial charge in [0.05, 0.1) is 37.6 Å². The number of carbonyl (C=O) groups is 3. The molecule has 1 unspecified atom stereocenters. The van der Waals surface area contributed by atoms with Crippen LogP contribution >= 0.6 is 0 Å². The van der Waals surface area contributed by atoms with Gasteiger partial charge in [0.25, 0.3) is 5.91 Å². The summed E-state index contributed by atoms with van der Waals surface area (Å²) in [5, 5.41) is 2.76. The van der Waals surface area contributed by atoms with Gasteiger partial charge in [0.2, 0.25) is 0 Å². The smallest absolute Gasteiger partial charge is 0.416 e. The van der Waals surface area contributed by atoms with Crippen molar-refractivity contribution < 1.29 is 37.0 Å². The fraction of sp³-hybridized carbons (Fsp3) is 0.348. The van der Waals surface area contributed by atoms with E-state index in [1.165, 1.54) is 30.1 Å². The van der Waals surface area contributed by atoms with Gasteiger partial charge in [0, 0.05) is 30.4 Å². The van der Waals surface area contributed by atoms with E-state index in [0.717, 1.165) is 23.1 Å².